The van der Waals surface area contributed by atoms with Crippen LogP contribution in [-0.2, 0) is 16.7 Å². The van der Waals surface area contributed by atoms with E-state index in [0.717, 1.165) is 37.7 Å². The minimum atomic E-state index is -4.11. The van der Waals surface area contributed by atoms with Crippen LogP contribution in [0.3, 0.4) is 0 Å². The normalized spacial score (nSPS) is 36.0. The molecule has 4 rings (SSSR count). The first-order valence-electron chi connectivity index (χ1n) is 9.30. The summed E-state index contributed by atoms with van der Waals surface area (Å²) in [6.45, 7) is 2.13. The number of hydrogen-bond donors (Lipinski definition) is 1. The molecule has 0 bridgehead atoms. The molecule has 2 fully saturated rings. The molecule has 0 radical (unpaired) electrons. The SMILES string of the molecule is COc1cc2c(cc1OS(N)(=O)=O)CC[C@@H]1[C@@H]2CC[C@]2(C)[C@@H](F)CC[C@@H]12. The summed E-state index contributed by atoms with van der Waals surface area (Å²) in [5.41, 5.74) is 2.10. The molecule has 0 spiro atoms. The van der Waals surface area contributed by atoms with Gasteiger partial charge in [-0.05, 0) is 79.5 Å². The van der Waals surface area contributed by atoms with E-state index >= 15 is 0 Å². The lowest BCUT2D eigenvalue weighted by Crippen LogP contribution is -2.42. The molecule has 2 N–H and O–H groups in total. The van der Waals surface area contributed by atoms with E-state index in [9.17, 15) is 12.8 Å². The smallest absolute Gasteiger partial charge is 0.380 e. The van der Waals surface area contributed by atoms with Crippen molar-refractivity contribution in [2.24, 2.45) is 22.4 Å². The number of alkyl halides is 1. The number of hydrogen-bond acceptors (Lipinski definition) is 4. The van der Waals surface area contributed by atoms with Gasteiger partial charge in [-0.25, -0.2) is 4.39 Å². The Hall–Kier alpha value is -1.34. The van der Waals surface area contributed by atoms with Crippen LogP contribution in [0.2, 0.25) is 0 Å². The molecular formula is C19H26FNO4S. The van der Waals surface area contributed by atoms with Crippen LogP contribution in [-0.4, -0.2) is 21.7 Å². The molecule has 1 aromatic rings. The second-order valence-corrected chi connectivity index (χ2v) is 9.44. The van der Waals surface area contributed by atoms with Gasteiger partial charge in [0.1, 0.15) is 6.17 Å². The fourth-order valence-electron chi connectivity index (χ4n) is 5.86. The number of methoxy groups -OCH3 is 1. The third kappa shape index (κ3) is 2.80. The van der Waals surface area contributed by atoms with Crippen LogP contribution in [0.5, 0.6) is 11.5 Å². The Kier molecular flexibility index (Phi) is 4.23. The number of halogens is 1. The molecule has 5 nitrogen and oxygen atoms in total. The zero-order valence-electron chi connectivity index (χ0n) is 15.2. The monoisotopic (exact) mass is 383 g/mol. The van der Waals surface area contributed by atoms with Crippen LogP contribution >= 0.6 is 0 Å². The van der Waals surface area contributed by atoms with Crippen LogP contribution in [0.1, 0.15) is 56.1 Å². The highest BCUT2D eigenvalue weighted by Crippen LogP contribution is 2.62. The van der Waals surface area contributed by atoms with Gasteiger partial charge in [-0.3, -0.25) is 0 Å². The van der Waals surface area contributed by atoms with E-state index in [0.29, 0.717) is 29.9 Å². The maximum absolute atomic E-state index is 14.5. The van der Waals surface area contributed by atoms with Crippen molar-refractivity contribution in [3.63, 3.8) is 0 Å². The first-order chi connectivity index (χ1) is 12.2. The highest BCUT2D eigenvalue weighted by molar-refractivity contribution is 7.84. The van der Waals surface area contributed by atoms with Gasteiger partial charge < -0.3 is 8.92 Å². The predicted octanol–water partition coefficient (Wildman–Crippen LogP) is 3.47. The lowest BCUT2D eigenvalue weighted by Gasteiger charge is -2.49. The molecule has 26 heavy (non-hydrogen) atoms. The number of aryl methyl sites for hydroxylation is 1. The maximum atomic E-state index is 14.5. The molecule has 0 amide bonds. The van der Waals surface area contributed by atoms with Crippen molar-refractivity contribution in [1.29, 1.82) is 0 Å². The third-order valence-electron chi connectivity index (χ3n) is 7.10. The molecule has 7 heteroatoms. The Bertz CT molecular complexity index is 827. The van der Waals surface area contributed by atoms with Crippen LogP contribution in [0.15, 0.2) is 12.1 Å². The van der Waals surface area contributed by atoms with Crippen LogP contribution < -0.4 is 14.1 Å². The molecule has 0 heterocycles. The van der Waals surface area contributed by atoms with Crippen molar-refractivity contribution < 1.29 is 21.7 Å². The lowest BCUT2D eigenvalue weighted by molar-refractivity contribution is 0.0143. The van der Waals surface area contributed by atoms with E-state index < -0.39 is 16.5 Å². The van der Waals surface area contributed by atoms with E-state index in [1.54, 1.807) is 6.07 Å². The minimum absolute atomic E-state index is 0.137. The molecule has 2 saturated carbocycles. The second-order valence-electron chi connectivity index (χ2n) is 8.28. The summed E-state index contributed by atoms with van der Waals surface area (Å²) in [6, 6.07) is 3.65. The molecule has 0 saturated heterocycles. The molecule has 0 unspecified atom stereocenters. The molecule has 3 aliphatic rings. The fourth-order valence-corrected chi connectivity index (χ4v) is 6.24. The van der Waals surface area contributed by atoms with E-state index in [-0.39, 0.29) is 11.2 Å². The van der Waals surface area contributed by atoms with Gasteiger partial charge >= 0.3 is 10.3 Å². The van der Waals surface area contributed by atoms with Gasteiger partial charge in [-0.1, -0.05) is 6.92 Å². The molecule has 1 aromatic carbocycles. The number of fused-ring (bicyclic) bond motifs is 5. The van der Waals surface area contributed by atoms with Crippen LogP contribution in [0, 0.1) is 17.3 Å². The summed E-state index contributed by atoms with van der Waals surface area (Å²) in [5, 5.41) is 5.02. The van der Waals surface area contributed by atoms with Gasteiger partial charge in [-0.2, -0.15) is 13.6 Å². The molecule has 0 aromatic heterocycles. The number of benzene rings is 1. The first-order valence-corrected chi connectivity index (χ1v) is 10.8. The summed E-state index contributed by atoms with van der Waals surface area (Å²) in [4.78, 5) is 0. The summed E-state index contributed by atoms with van der Waals surface area (Å²) in [6.07, 6.45) is 4.67. The van der Waals surface area contributed by atoms with Gasteiger partial charge in [0.05, 0.1) is 7.11 Å². The maximum Gasteiger partial charge on any atom is 0.380 e. The molecule has 0 aliphatic heterocycles. The topological polar surface area (TPSA) is 78.6 Å². The van der Waals surface area contributed by atoms with Crippen molar-refractivity contribution in [3.05, 3.63) is 23.3 Å². The van der Waals surface area contributed by atoms with Gasteiger partial charge in [0.15, 0.2) is 11.5 Å². The highest BCUT2D eigenvalue weighted by atomic mass is 32.2. The van der Waals surface area contributed by atoms with E-state index in [2.05, 4.69) is 6.92 Å². The highest BCUT2D eigenvalue weighted by Gasteiger charge is 2.55. The number of nitrogens with two attached hydrogens (primary N) is 1. The average molecular weight is 383 g/mol. The Morgan fingerprint density at radius 2 is 1.96 bits per heavy atom. The molecule has 3 aliphatic carbocycles. The zero-order chi connectivity index (χ0) is 18.7. The van der Waals surface area contributed by atoms with E-state index in [1.165, 1.54) is 12.7 Å². The van der Waals surface area contributed by atoms with Crippen LogP contribution in [0.25, 0.3) is 0 Å². The Morgan fingerprint density at radius 3 is 2.65 bits per heavy atom. The van der Waals surface area contributed by atoms with Crippen molar-refractivity contribution in [2.45, 2.75) is 57.5 Å². The second kappa shape index (κ2) is 6.09. The predicted molar refractivity (Wildman–Crippen MR) is 96.2 cm³/mol. The van der Waals surface area contributed by atoms with Crippen molar-refractivity contribution in [3.8, 4) is 11.5 Å². The largest absolute Gasteiger partial charge is 0.493 e. The number of rotatable bonds is 3. The minimum Gasteiger partial charge on any atom is -0.493 e. The third-order valence-corrected chi connectivity index (χ3v) is 7.51. The lowest BCUT2D eigenvalue weighted by atomic mass is 9.55. The molecule has 144 valence electrons. The van der Waals surface area contributed by atoms with E-state index in [1.807, 2.05) is 6.07 Å². The fraction of sp³-hybridized carbons (Fsp3) is 0.684. The average Bonchev–Trinajstić information content (AvgIpc) is 2.88. The van der Waals surface area contributed by atoms with Gasteiger partial charge in [0.2, 0.25) is 0 Å². The van der Waals surface area contributed by atoms with Gasteiger partial charge in [0, 0.05) is 5.41 Å². The zero-order valence-corrected chi connectivity index (χ0v) is 16.0. The summed E-state index contributed by atoms with van der Waals surface area (Å²) >= 11 is 0. The first kappa shape index (κ1) is 18.0. The van der Waals surface area contributed by atoms with Gasteiger partial charge in [0.25, 0.3) is 0 Å². The number of ether oxygens (including phenoxy) is 1. The summed E-state index contributed by atoms with van der Waals surface area (Å²) < 4.78 is 47.4. The quantitative estimate of drug-likeness (QED) is 0.867. The van der Waals surface area contributed by atoms with Crippen molar-refractivity contribution in [1.82, 2.24) is 0 Å². The standard InChI is InChI=1S/C19H26FNO4S/c1-19-8-7-12-13(15(19)5-6-18(19)20)4-3-11-9-17(25-26(21,22)23)16(24-2)10-14(11)12/h9-10,12-13,15,18H,3-8H2,1-2H3,(H2,21,22,23)/t12-,13+,15-,18-,19-/m0/s1. The summed E-state index contributed by atoms with van der Waals surface area (Å²) in [5.74, 6) is 1.80. The van der Waals surface area contributed by atoms with Gasteiger partial charge in [-0.15, -0.1) is 0 Å². The van der Waals surface area contributed by atoms with Crippen molar-refractivity contribution >= 4 is 10.3 Å². The van der Waals surface area contributed by atoms with Crippen LogP contribution in [0.4, 0.5) is 4.39 Å². The summed E-state index contributed by atoms with van der Waals surface area (Å²) in [7, 11) is -2.62. The Labute approximate surface area is 154 Å². The van der Waals surface area contributed by atoms with Crippen molar-refractivity contribution in [2.75, 3.05) is 7.11 Å². The Balaban J connectivity index is 1.70. The molecular weight excluding hydrogens is 357 g/mol. The molecule has 5 atom stereocenters. The van der Waals surface area contributed by atoms with E-state index in [4.69, 9.17) is 14.1 Å². The Morgan fingerprint density at radius 1 is 1.19 bits per heavy atom.